The second-order valence-corrected chi connectivity index (χ2v) is 4.42. The first-order valence-electron chi connectivity index (χ1n) is 6.55. The molecule has 0 radical (unpaired) electrons. The lowest BCUT2D eigenvalue weighted by Gasteiger charge is -1.99. The molecule has 0 aliphatic rings. The van der Waals surface area contributed by atoms with Gasteiger partial charge in [0.1, 0.15) is 17.7 Å². The number of benzene rings is 1. The molecule has 1 heterocycles. The Kier molecular flexibility index (Phi) is 4.37. The first-order chi connectivity index (χ1) is 9.80. The van der Waals surface area contributed by atoms with Crippen molar-refractivity contribution < 1.29 is 0 Å². The molecule has 0 N–H and O–H groups in total. The quantitative estimate of drug-likeness (QED) is 0.616. The highest BCUT2D eigenvalue weighted by Gasteiger charge is 2.06. The molecule has 0 spiro atoms. The average molecular weight is 261 g/mol. The number of aromatic nitrogens is 1. The molecule has 0 fully saturated rings. The molecule has 1 aromatic heterocycles. The zero-order valence-electron chi connectivity index (χ0n) is 11.4. The number of hydrogen-bond donors (Lipinski definition) is 0. The van der Waals surface area contributed by atoms with Crippen LogP contribution in [0.2, 0.25) is 0 Å². The summed E-state index contributed by atoms with van der Waals surface area (Å²) in [5, 5.41) is 18.8. The Morgan fingerprint density at radius 2 is 1.95 bits per heavy atom. The lowest BCUT2D eigenvalue weighted by atomic mass is 10.1. The Morgan fingerprint density at radius 1 is 1.20 bits per heavy atom. The first kappa shape index (κ1) is 13.6. The summed E-state index contributed by atoms with van der Waals surface area (Å²) >= 11 is 0. The largest absolute Gasteiger partial charge is 0.343 e. The molecular formula is C17H15N3. The predicted octanol–water partition coefficient (Wildman–Crippen LogP) is 4.04. The maximum absolute atomic E-state index is 8.88. The van der Waals surface area contributed by atoms with Crippen molar-refractivity contribution in [1.29, 1.82) is 10.5 Å². The molecule has 1 aromatic carbocycles. The molecule has 0 bridgehead atoms. The Hall–Kier alpha value is -2.78. The summed E-state index contributed by atoms with van der Waals surface area (Å²) in [4.78, 5) is 0. The second-order valence-electron chi connectivity index (χ2n) is 4.42. The van der Waals surface area contributed by atoms with Gasteiger partial charge in [-0.15, -0.1) is 0 Å². The fourth-order valence-corrected chi connectivity index (χ4v) is 2.14. The molecule has 0 saturated carbocycles. The first-order valence-corrected chi connectivity index (χ1v) is 6.55. The highest BCUT2D eigenvalue weighted by Crippen LogP contribution is 2.23. The number of allylic oxidation sites excluding steroid dienone is 3. The Bertz CT molecular complexity index is 733. The summed E-state index contributed by atoms with van der Waals surface area (Å²) in [5.41, 5.74) is 2.13. The molecule has 0 saturated heterocycles. The Morgan fingerprint density at radius 3 is 2.65 bits per heavy atom. The predicted molar refractivity (Wildman–Crippen MR) is 80.6 cm³/mol. The van der Waals surface area contributed by atoms with Crippen molar-refractivity contribution in [1.82, 2.24) is 4.57 Å². The highest BCUT2D eigenvalue weighted by molar-refractivity contribution is 5.90. The minimum absolute atomic E-state index is 0.122. The van der Waals surface area contributed by atoms with E-state index in [2.05, 4.69) is 23.6 Å². The molecular weight excluding hydrogens is 246 g/mol. The number of nitrogens with zero attached hydrogens (tertiary/aromatic N) is 3. The van der Waals surface area contributed by atoms with E-state index in [0.717, 1.165) is 29.4 Å². The van der Waals surface area contributed by atoms with Crippen molar-refractivity contribution >= 4 is 17.0 Å². The molecule has 2 rings (SSSR count). The zero-order chi connectivity index (χ0) is 14.4. The van der Waals surface area contributed by atoms with Crippen LogP contribution in [0.25, 0.3) is 17.0 Å². The highest BCUT2D eigenvalue weighted by atomic mass is 14.9. The molecule has 20 heavy (non-hydrogen) atoms. The molecule has 3 heteroatoms. The minimum atomic E-state index is 0.122. The summed E-state index contributed by atoms with van der Waals surface area (Å²) in [7, 11) is 0. The van der Waals surface area contributed by atoms with Crippen LogP contribution in [0.4, 0.5) is 0 Å². The van der Waals surface area contributed by atoms with Gasteiger partial charge >= 0.3 is 0 Å². The number of rotatable bonds is 4. The van der Waals surface area contributed by atoms with E-state index in [1.54, 1.807) is 6.08 Å². The van der Waals surface area contributed by atoms with Crippen molar-refractivity contribution in [3.63, 3.8) is 0 Å². The topological polar surface area (TPSA) is 52.5 Å². The number of para-hydroxylation sites is 1. The van der Waals surface area contributed by atoms with Crippen LogP contribution in [0.1, 0.15) is 18.9 Å². The lowest BCUT2D eigenvalue weighted by molar-refractivity contribution is 0.858. The van der Waals surface area contributed by atoms with Crippen LogP contribution < -0.4 is 0 Å². The molecule has 0 amide bonds. The van der Waals surface area contributed by atoms with Gasteiger partial charge in [0.15, 0.2) is 0 Å². The van der Waals surface area contributed by atoms with Gasteiger partial charge in [0.25, 0.3) is 0 Å². The number of hydrogen-bond acceptors (Lipinski definition) is 2. The molecule has 0 aliphatic heterocycles. The van der Waals surface area contributed by atoms with Crippen LogP contribution in [0.3, 0.4) is 0 Å². The maximum atomic E-state index is 8.88. The van der Waals surface area contributed by atoms with E-state index in [-0.39, 0.29) is 5.57 Å². The van der Waals surface area contributed by atoms with Crippen LogP contribution in [0, 0.1) is 22.7 Å². The van der Waals surface area contributed by atoms with Crippen molar-refractivity contribution in [2.75, 3.05) is 0 Å². The van der Waals surface area contributed by atoms with Crippen LogP contribution >= 0.6 is 0 Å². The Balaban J connectivity index is 2.52. The van der Waals surface area contributed by atoms with Gasteiger partial charge in [-0.25, -0.2) is 0 Å². The molecule has 2 aromatic rings. The summed E-state index contributed by atoms with van der Waals surface area (Å²) in [5.74, 6) is 0. The fourth-order valence-electron chi connectivity index (χ4n) is 2.14. The fraction of sp³-hybridized carbons (Fsp3) is 0.176. The van der Waals surface area contributed by atoms with E-state index >= 15 is 0 Å². The van der Waals surface area contributed by atoms with Gasteiger partial charge in [0, 0.05) is 29.2 Å². The molecule has 0 atom stereocenters. The summed E-state index contributed by atoms with van der Waals surface area (Å²) in [6.45, 7) is 2.89. The van der Waals surface area contributed by atoms with Gasteiger partial charge in [-0.1, -0.05) is 37.3 Å². The van der Waals surface area contributed by atoms with E-state index in [9.17, 15) is 0 Å². The molecule has 0 aliphatic carbocycles. The van der Waals surface area contributed by atoms with Crippen LogP contribution in [0.15, 0.2) is 48.2 Å². The average Bonchev–Trinajstić information content (AvgIpc) is 2.83. The van der Waals surface area contributed by atoms with Crippen LogP contribution in [-0.4, -0.2) is 4.57 Å². The number of fused-ring (bicyclic) bond motifs is 1. The maximum Gasteiger partial charge on any atom is 0.130 e. The smallest absolute Gasteiger partial charge is 0.130 e. The van der Waals surface area contributed by atoms with Gasteiger partial charge in [-0.05, 0) is 18.6 Å². The van der Waals surface area contributed by atoms with Gasteiger partial charge < -0.3 is 4.57 Å². The van der Waals surface area contributed by atoms with Crippen molar-refractivity contribution in [3.05, 3.63) is 53.8 Å². The SMILES string of the molecule is CC/C=C/Cn1cc(C=C(C#N)C#N)c2ccccc21. The third-order valence-corrected chi connectivity index (χ3v) is 3.06. The van der Waals surface area contributed by atoms with Crippen molar-refractivity contribution in [2.24, 2.45) is 0 Å². The van der Waals surface area contributed by atoms with Crippen LogP contribution in [0.5, 0.6) is 0 Å². The molecule has 0 unspecified atom stereocenters. The van der Waals surface area contributed by atoms with E-state index in [4.69, 9.17) is 10.5 Å². The van der Waals surface area contributed by atoms with E-state index in [1.807, 2.05) is 42.6 Å². The lowest BCUT2D eigenvalue weighted by Crippen LogP contribution is -1.91. The summed E-state index contributed by atoms with van der Waals surface area (Å²) < 4.78 is 2.12. The zero-order valence-corrected chi connectivity index (χ0v) is 11.4. The number of nitriles is 2. The third kappa shape index (κ3) is 2.79. The van der Waals surface area contributed by atoms with E-state index in [0.29, 0.717) is 0 Å². The summed E-state index contributed by atoms with van der Waals surface area (Å²) in [6, 6.07) is 11.8. The van der Waals surface area contributed by atoms with Gasteiger partial charge in [-0.2, -0.15) is 10.5 Å². The van der Waals surface area contributed by atoms with E-state index < -0.39 is 0 Å². The van der Waals surface area contributed by atoms with Crippen molar-refractivity contribution in [3.8, 4) is 12.1 Å². The van der Waals surface area contributed by atoms with E-state index in [1.165, 1.54) is 0 Å². The van der Waals surface area contributed by atoms with Crippen molar-refractivity contribution in [2.45, 2.75) is 19.9 Å². The van der Waals surface area contributed by atoms with Crippen LogP contribution in [-0.2, 0) is 6.54 Å². The van der Waals surface area contributed by atoms with Gasteiger partial charge in [-0.3, -0.25) is 0 Å². The Labute approximate surface area is 118 Å². The van der Waals surface area contributed by atoms with Gasteiger partial charge in [0.2, 0.25) is 0 Å². The third-order valence-electron chi connectivity index (χ3n) is 3.06. The molecule has 3 nitrogen and oxygen atoms in total. The van der Waals surface area contributed by atoms with Gasteiger partial charge in [0.05, 0.1) is 0 Å². The second kappa shape index (κ2) is 6.41. The normalized spacial score (nSPS) is 10.3. The summed E-state index contributed by atoms with van der Waals surface area (Å²) in [6.07, 6.45) is 8.89. The minimum Gasteiger partial charge on any atom is -0.343 e. The monoisotopic (exact) mass is 261 g/mol. The molecule has 98 valence electrons. The standard InChI is InChI=1S/C17H15N3/c1-2-3-6-9-20-13-15(10-14(11-18)12-19)16-7-4-5-8-17(16)20/h3-8,10,13H,2,9H2,1H3/b6-3+.